The minimum Gasteiger partial charge on any atom is -0.507 e. The molecule has 5 rings (SSSR count). The van der Waals surface area contributed by atoms with E-state index in [0.29, 0.717) is 5.69 Å². The van der Waals surface area contributed by atoms with Crippen LogP contribution in [0.1, 0.15) is 31.8 Å². The number of carbonyl (C=O) groups excluding carboxylic acids is 2. The van der Waals surface area contributed by atoms with Crippen LogP contribution in [0.4, 0.5) is 11.4 Å². The van der Waals surface area contributed by atoms with Gasteiger partial charge in [0.2, 0.25) is 0 Å². The largest absolute Gasteiger partial charge is 0.507 e. The van der Waals surface area contributed by atoms with Crippen molar-refractivity contribution in [3.8, 4) is 22.6 Å². The van der Waals surface area contributed by atoms with E-state index >= 15 is 0 Å². The number of hydrogen-bond acceptors (Lipinski definition) is 5. The molecule has 0 radical (unpaired) electrons. The van der Waals surface area contributed by atoms with Gasteiger partial charge in [-0.05, 0) is 41.5 Å². The van der Waals surface area contributed by atoms with Gasteiger partial charge in [0.25, 0.3) is 0 Å². The van der Waals surface area contributed by atoms with Crippen LogP contribution < -0.4 is 5.32 Å². The first kappa shape index (κ1) is 18.6. The van der Waals surface area contributed by atoms with Crippen molar-refractivity contribution in [1.29, 1.82) is 0 Å². The third-order valence-corrected chi connectivity index (χ3v) is 5.42. The summed E-state index contributed by atoms with van der Waals surface area (Å²) in [5.41, 5.74) is 3.38. The number of fused-ring (bicyclic) bond motifs is 2. The Bertz CT molecular complexity index is 1340. The van der Waals surface area contributed by atoms with Crippen molar-refractivity contribution < 1.29 is 19.8 Å². The van der Waals surface area contributed by atoms with E-state index in [1.165, 1.54) is 12.1 Å². The Morgan fingerprint density at radius 2 is 1.16 bits per heavy atom. The molecule has 5 nitrogen and oxygen atoms in total. The molecule has 0 fully saturated rings. The molecule has 0 saturated heterocycles. The van der Waals surface area contributed by atoms with E-state index in [1.54, 1.807) is 18.2 Å². The molecule has 5 heteroatoms. The van der Waals surface area contributed by atoms with Gasteiger partial charge in [0.05, 0.1) is 22.4 Å². The summed E-state index contributed by atoms with van der Waals surface area (Å²) in [6.45, 7) is 0. The molecule has 0 amide bonds. The predicted molar refractivity (Wildman–Crippen MR) is 118 cm³/mol. The maximum Gasteiger partial charge on any atom is 0.200 e. The zero-order valence-corrected chi connectivity index (χ0v) is 16.3. The highest BCUT2D eigenvalue weighted by Crippen LogP contribution is 2.40. The second-order valence-corrected chi connectivity index (χ2v) is 7.31. The molecule has 1 aliphatic carbocycles. The Labute approximate surface area is 178 Å². The number of rotatable bonds is 3. The Hall–Kier alpha value is -4.38. The Morgan fingerprint density at radius 1 is 0.548 bits per heavy atom. The summed E-state index contributed by atoms with van der Waals surface area (Å²) in [6.07, 6.45) is 0. The third kappa shape index (κ3) is 3.04. The van der Waals surface area contributed by atoms with Crippen LogP contribution in [-0.4, -0.2) is 21.8 Å². The van der Waals surface area contributed by atoms with Crippen LogP contribution in [0.2, 0.25) is 0 Å². The summed E-state index contributed by atoms with van der Waals surface area (Å²) >= 11 is 0. The molecule has 150 valence electrons. The fourth-order valence-electron chi connectivity index (χ4n) is 3.92. The van der Waals surface area contributed by atoms with E-state index in [4.69, 9.17) is 0 Å². The quantitative estimate of drug-likeness (QED) is 0.354. The smallest absolute Gasteiger partial charge is 0.200 e. The van der Waals surface area contributed by atoms with Gasteiger partial charge in [0, 0.05) is 11.3 Å². The molecule has 0 aliphatic heterocycles. The molecule has 0 aromatic heterocycles. The van der Waals surface area contributed by atoms with E-state index in [0.717, 1.165) is 16.8 Å². The molecule has 0 saturated carbocycles. The lowest BCUT2D eigenvalue weighted by Crippen LogP contribution is -2.22. The van der Waals surface area contributed by atoms with E-state index < -0.39 is 11.6 Å². The van der Waals surface area contributed by atoms with Gasteiger partial charge in [-0.2, -0.15) is 0 Å². The lowest BCUT2D eigenvalue weighted by atomic mass is 9.82. The first-order valence-electron chi connectivity index (χ1n) is 9.74. The van der Waals surface area contributed by atoms with Crippen molar-refractivity contribution in [2.75, 3.05) is 5.32 Å². The number of hydrogen-bond donors (Lipinski definition) is 3. The second-order valence-electron chi connectivity index (χ2n) is 7.31. The van der Waals surface area contributed by atoms with Crippen LogP contribution in [0.15, 0.2) is 84.9 Å². The van der Waals surface area contributed by atoms with Gasteiger partial charge in [-0.3, -0.25) is 9.59 Å². The molecule has 31 heavy (non-hydrogen) atoms. The molecule has 0 unspecified atom stereocenters. The van der Waals surface area contributed by atoms with Crippen molar-refractivity contribution >= 4 is 22.9 Å². The first-order chi connectivity index (χ1) is 15.0. The van der Waals surface area contributed by atoms with Gasteiger partial charge in [-0.1, -0.05) is 54.6 Å². The van der Waals surface area contributed by atoms with E-state index in [1.807, 2.05) is 54.6 Å². The second kappa shape index (κ2) is 7.15. The highest BCUT2D eigenvalue weighted by Gasteiger charge is 2.35. The maximum atomic E-state index is 13.2. The normalized spacial score (nSPS) is 12.3. The maximum absolute atomic E-state index is 13.2. The summed E-state index contributed by atoms with van der Waals surface area (Å²) in [7, 11) is 0. The van der Waals surface area contributed by atoms with Crippen molar-refractivity contribution in [3.63, 3.8) is 0 Å². The molecule has 4 aromatic rings. The molecule has 0 bridgehead atoms. The summed E-state index contributed by atoms with van der Waals surface area (Å²) in [5, 5.41) is 23.5. The summed E-state index contributed by atoms with van der Waals surface area (Å²) in [5.74, 6) is -1.67. The van der Waals surface area contributed by atoms with Crippen LogP contribution in [0.5, 0.6) is 11.5 Å². The standard InChI is InChI=1S/C26H17NO4/c28-20-13-14-21(29)24-23(20)25(30)18-7-4-8-19(22(18)26(24)31)27-17-11-9-16(10-12-17)15-5-2-1-3-6-15/h1-14,27-29H. The lowest BCUT2D eigenvalue weighted by Gasteiger charge is -2.22. The van der Waals surface area contributed by atoms with Crippen LogP contribution in [0.3, 0.4) is 0 Å². The van der Waals surface area contributed by atoms with E-state index in [-0.39, 0.29) is 33.8 Å². The highest BCUT2D eigenvalue weighted by molar-refractivity contribution is 6.32. The fourth-order valence-corrected chi connectivity index (χ4v) is 3.92. The summed E-state index contributed by atoms with van der Waals surface area (Å²) < 4.78 is 0. The molecular weight excluding hydrogens is 390 g/mol. The number of anilines is 2. The zero-order valence-electron chi connectivity index (χ0n) is 16.3. The molecule has 4 aromatic carbocycles. The van der Waals surface area contributed by atoms with Crippen molar-refractivity contribution in [2.24, 2.45) is 0 Å². The number of aromatic hydroxyl groups is 2. The fraction of sp³-hybridized carbons (Fsp3) is 0. The minimum absolute atomic E-state index is 0.165. The molecule has 0 heterocycles. The van der Waals surface area contributed by atoms with Gasteiger partial charge in [-0.15, -0.1) is 0 Å². The molecule has 3 N–H and O–H groups in total. The van der Waals surface area contributed by atoms with Gasteiger partial charge >= 0.3 is 0 Å². The average molecular weight is 407 g/mol. The third-order valence-electron chi connectivity index (χ3n) is 5.42. The van der Waals surface area contributed by atoms with Gasteiger partial charge < -0.3 is 15.5 Å². The van der Waals surface area contributed by atoms with Crippen LogP contribution in [0.25, 0.3) is 11.1 Å². The van der Waals surface area contributed by atoms with Crippen LogP contribution >= 0.6 is 0 Å². The monoisotopic (exact) mass is 407 g/mol. The Balaban J connectivity index is 1.54. The van der Waals surface area contributed by atoms with Crippen molar-refractivity contribution in [1.82, 2.24) is 0 Å². The van der Waals surface area contributed by atoms with Gasteiger partial charge in [0.15, 0.2) is 11.6 Å². The Kier molecular flexibility index (Phi) is 4.30. The molecule has 1 aliphatic rings. The van der Waals surface area contributed by atoms with E-state index in [9.17, 15) is 19.8 Å². The van der Waals surface area contributed by atoms with Crippen LogP contribution in [-0.2, 0) is 0 Å². The number of ketones is 2. The number of phenols is 2. The molecule has 0 spiro atoms. The predicted octanol–water partition coefficient (Wildman–Crippen LogP) is 5.28. The average Bonchev–Trinajstić information content (AvgIpc) is 2.80. The lowest BCUT2D eigenvalue weighted by molar-refractivity contribution is 0.0974. The number of benzene rings is 4. The summed E-state index contributed by atoms with van der Waals surface area (Å²) in [6, 6.07) is 25.1. The van der Waals surface area contributed by atoms with Crippen LogP contribution in [0, 0.1) is 0 Å². The molecular formula is C26H17NO4. The highest BCUT2D eigenvalue weighted by atomic mass is 16.3. The Morgan fingerprint density at radius 3 is 1.84 bits per heavy atom. The minimum atomic E-state index is -0.512. The summed E-state index contributed by atoms with van der Waals surface area (Å²) in [4.78, 5) is 26.2. The van der Waals surface area contributed by atoms with Gasteiger partial charge in [-0.25, -0.2) is 0 Å². The number of nitrogens with one attached hydrogen (secondary N) is 1. The molecule has 0 atom stereocenters. The number of phenolic OH excluding ortho intramolecular Hbond substituents is 2. The van der Waals surface area contributed by atoms with Gasteiger partial charge in [0.1, 0.15) is 11.5 Å². The first-order valence-corrected chi connectivity index (χ1v) is 9.74. The number of carbonyl (C=O) groups is 2. The zero-order chi connectivity index (χ0) is 21.5. The SMILES string of the molecule is O=C1c2cccc(Nc3ccc(-c4ccccc4)cc3)c2C(=O)c2c(O)ccc(O)c21. The topological polar surface area (TPSA) is 86.6 Å². The van der Waals surface area contributed by atoms with Crippen molar-refractivity contribution in [2.45, 2.75) is 0 Å². The van der Waals surface area contributed by atoms with Crippen molar-refractivity contribution in [3.05, 3.63) is 107 Å². The van der Waals surface area contributed by atoms with E-state index in [2.05, 4.69) is 5.32 Å².